The van der Waals surface area contributed by atoms with Crippen LogP contribution in [0.2, 0.25) is 0 Å². The van der Waals surface area contributed by atoms with E-state index in [2.05, 4.69) is 20.8 Å². The SMILES string of the molecule is CC(C)(C)C1CCCC(n2nc3ccccc3[n+]2CCC(=O)OCCO)C1O. The van der Waals surface area contributed by atoms with Crippen molar-refractivity contribution in [3.63, 3.8) is 0 Å². The highest BCUT2D eigenvalue weighted by molar-refractivity contribution is 5.70. The monoisotopic (exact) mass is 390 g/mol. The number of aliphatic hydroxyl groups is 2. The Morgan fingerprint density at radius 1 is 1.32 bits per heavy atom. The average Bonchev–Trinajstić information content (AvgIpc) is 3.02. The summed E-state index contributed by atoms with van der Waals surface area (Å²) in [5, 5.41) is 24.8. The minimum Gasteiger partial charge on any atom is -0.463 e. The van der Waals surface area contributed by atoms with Crippen LogP contribution in [-0.2, 0) is 16.1 Å². The molecule has 1 saturated carbocycles. The number of aliphatic hydroxyl groups excluding tert-OH is 2. The summed E-state index contributed by atoms with van der Waals surface area (Å²) in [4.78, 5) is 13.8. The number of hydrogen-bond acceptors (Lipinski definition) is 5. The molecule has 1 aliphatic rings. The third-order valence-corrected chi connectivity index (χ3v) is 5.73. The van der Waals surface area contributed by atoms with Gasteiger partial charge in [0.15, 0.2) is 0 Å². The average molecular weight is 391 g/mol. The summed E-state index contributed by atoms with van der Waals surface area (Å²) >= 11 is 0. The number of benzene rings is 1. The molecule has 3 rings (SSSR count). The number of ether oxygens (including phenoxy) is 1. The number of carbonyl (C=O) groups is 1. The fraction of sp³-hybridized carbons (Fsp3) is 0.667. The lowest BCUT2D eigenvalue weighted by Gasteiger charge is -2.40. The molecule has 2 N–H and O–H groups in total. The molecule has 154 valence electrons. The van der Waals surface area contributed by atoms with Crippen LogP contribution in [0.5, 0.6) is 0 Å². The molecule has 1 aromatic carbocycles. The molecule has 3 atom stereocenters. The lowest BCUT2D eigenvalue weighted by Crippen LogP contribution is -2.52. The molecule has 1 fully saturated rings. The van der Waals surface area contributed by atoms with Crippen LogP contribution in [0.3, 0.4) is 0 Å². The summed E-state index contributed by atoms with van der Waals surface area (Å²) in [5.41, 5.74) is 1.79. The summed E-state index contributed by atoms with van der Waals surface area (Å²) in [6, 6.07) is 7.69. The van der Waals surface area contributed by atoms with Gasteiger partial charge in [-0.15, -0.1) is 0 Å². The van der Waals surface area contributed by atoms with Gasteiger partial charge in [0.2, 0.25) is 11.0 Å². The highest BCUT2D eigenvalue weighted by Crippen LogP contribution is 2.41. The van der Waals surface area contributed by atoms with Crippen molar-refractivity contribution >= 4 is 17.0 Å². The van der Waals surface area contributed by atoms with Crippen molar-refractivity contribution < 1.29 is 24.4 Å². The number of rotatable bonds is 6. The van der Waals surface area contributed by atoms with E-state index in [0.29, 0.717) is 6.54 Å². The quantitative estimate of drug-likeness (QED) is 0.582. The highest BCUT2D eigenvalue weighted by atomic mass is 16.5. The van der Waals surface area contributed by atoms with Gasteiger partial charge in [-0.1, -0.05) is 39.3 Å². The first-order valence-corrected chi connectivity index (χ1v) is 10.1. The van der Waals surface area contributed by atoms with E-state index in [1.807, 2.05) is 33.7 Å². The van der Waals surface area contributed by atoms with E-state index in [1.54, 1.807) is 0 Å². The van der Waals surface area contributed by atoms with Crippen LogP contribution in [-0.4, -0.2) is 45.4 Å². The topological polar surface area (TPSA) is 88.5 Å². The first-order valence-electron chi connectivity index (χ1n) is 10.1. The Kier molecular flexibility index (Phi) is 6.35. The van der Waals surface area contributed by atoms with E-state index in [-0.39, 0.29) is 43.0 Å². The largest absolute Gasteiger partial charge is 0.463 e. The molecule has 28 heavy (non-hydrogen) atoms. The first kappa shape index (κ1) is 20.7. The molecule has 3 unspecified atom stereocenters. The zero-order chi connectivity index (χ0) is 20.3. The summed E-state index contributed by atoms with van der Waals surface area (Å²) < 4.78 is 6.97. The maximum atomic E-state index is 11.9. The fourth-order valence-corrected chi connectivity index (χ4v) is 4.30. The molecule has 0 amide bonds. The normalized spacial score (nSPS) is 23.1. The molecule has 7 nitrogen and oxygen atoms in total. The Labute approximate surface area is 165 Å². The van der Waals surface area contributed by atoms with Gasteiger partial charge in [0.1, 0.15) is 19.2 Å². The lowest BCUT2D eigenvalue weighted by molar-refractivity contribution is -0.761. The number of para-hydroxylation sites is 1. The van der Waals surface area contributed by atoms with Crippen molar-refractivity contribution in [2.24, 2.45) is 11.3 Å². The molecular weight excluding hydrogens is 358 g/mol. The maximum absolute atomic E-state index is 11.9. The molecule has 2 aromatic rings. The van der Waals surface area contributed by atoms with Crippen molar-refractivity contribution in [3.05, 3.63) is 24.3 Å². The van der Waals surface area contributed by atoms with Gasteiger partial charge in [-0.2, -0.15) is 4.68 Å². The van der Waals surface area contributed by atoms with Crippen molar-refractivity contribution in [3.8, 4) is 0 Å². The summed E-state index contributed by atoms with van der Waals surface area (Å²) in [6.45, 7) is 6.77. The Bertz CT molecular complexity index is 812. The van der Waals surface area contributed by atoms with Crippen molar-refractivity contribution in [1.29, 1.82) is 0 Å². The van der Waals surface area contributed by atoms with Gasteiger partial charge in [-0.3, -0.25) is 4.79 Å². The molecule has 1 heterocycles. The molecule has 0 saturated heterocycles. The standard InChI is InChI=1S/C21H32N3O4/c1-21(2,3)15-7-6-10-18(20(15)27)24-22-16-8-4-5-9-17(16)23(24)12-11-19(26)28-14-13-25/h4-5,8-9,15,18,20,25,27H,6-7,10-14H2,1-3H3/q+1. The van der Waals surface area contributed by atoms with E-state index in [0.717, 1.165) is 30.3 Å². The zero-order valence-electron chi connectivity index (χ0n) is 17.0. The molecule has 0 radical (unpaired) electrons. The van der Waals surface area contributed by atoms with Gasteiger partial charge in [-0.25, -0.2) is 0 Å². The minimum absolute atomic E-state index is 0.0120. The van der Waals surface area contributed by atoms with E-state index in [9.17, 15) is 9.90 Å². The molecule has 1 aromatic heterocycles. The van der Waals surface area contributed by atoms with E-state index in [1.165, 1.54) is 0 Å². The summed E-state index contributed by atoms with van der Waals surface area (Å²) in [7, 11) is 0. The van der Waals surface area contributed by atoms with Gasteiger partial charge >= 0.3 is 5.97 Å². The second kappa shape index (κ2) is 8.57. The Hall–Kier alpha value is -1.99. The number of aromatic nitrogens is 3. The Morgan fingerprint density at radius 2 is 2.07 bits per heavy atom. The predicted octanol–water partition coefficient (Wildman–Crippen LogP) is 2.00. The van der Waals surface area contributed by atoms with Crippen LogP contribution in [0.25, 0.3) is 11.0 Å². The fourth-order valence-electron chi connectivity index (χ4n) is 4.30. The number of aryl methyl sites for hydroxylation is 1. The van der Waals surface area contributed by atoms with Crippen LogP contribution < -0.4 is 4.68 Å². The van der Waals surface area contributed by atoms with Crippen LogP contribution in [0.1, 0.15) is 52.5 Å². The van der Waals surface area contributed by atoms with Crippen molar-refractivity contribution in [2.75, 3.05) is 13.2 Å². The van der Waals surface area contributed by atoms with E-state index < -0.39 is 6.10 Å². The second-order valence-corrected chi connectivity index (χ2v) is 8.69. The van der Waals surface area contributed by atoms with E-state index in [4.69, 9.17) is 14.9 Å². The van der Waals surface area contributed by atoms with Crippen molar-refractivity contribution in [2.45, 2.75) is 65.1 Å². The number of fused-ring (bicyclic) bond motifs is 1. The Morgan fingerprint density at radius 3 is 2.79 bits per heavy atom. The predicted molar refractivity (Wildman–Crippen MR) is 104 cm³/mol. The first-order chi connectivity index (χ1) is 13.3. The molecular formula is C21H32N3O4+. The van der Waals surface area contributed by atoms with E-state index >= 15 is 0 Å². The van der Waals surface area contributed by atoms with Crippen molar-refractivity contribution in [1.82, 2.24) is 9.90 Å². The zero-order valence-corrected chi connectivity index (χ0v) is 17.0. The highest BCUT2D eigenvalue weighted by Gasteiger charge is 2.43. The van der Waals surface area contributed by atoms with Gasteiger partial charge in [-0.05, 0) is 41.1 Å². The summed E-state index contributed by atoms with van der Waals surface area (Å²) in [6.07, 6.45) is 2.60. The summed E-state index contributed by atoms with van der Waals surface area (Å²) in [5.74, 6) is -0.156. The van der Waals surface area contributed by atoms with Gasteiger partial charge in [0.25, 0.3) is 0 Å². The van der Waals surface area contributed by atoms with Crippen LogP contribution in [0, 0.1) is 11.3 Å². The van der Waals surface area contributed by atoms with Crippen LogP contribution in [0.15, 0.2) is 24.3 Å². The number of hydrogen-bond donors (Lipinski definition) is 2. The third kappa shape index (κ3) is 4.36. The third-order valence-electron chi connectivity index (χ3n) is 5.73. The van der Waals surface area contributed by atoms with Gasteiger partial charge in [0, 0.05) is 5.10 Å². The molecule has 0 spiro atoms. The Balaban J connectivity index is 1.90. The lowest BCUT2D eigenvalue weighted by atomic mass is 9.69. The molecule has 7 heteroatoms. The number of carbonyl (C=O) groups excluding carboxylic acids is 1. The van der Waals surface area contributed by atoms with Crippen LogP contribution in [0.4, 0.5) is 0 Å². The molecule has 0 aliphatic heterocycles. The van der Waals surface area contributed by atoms with Crippen LogP contribution >= 0.6 is 0 Å². The second-order valence-electron chi connectivity index (χ2n) is 8.69. The number of nitrogens with zero attached hydrogens (tertiary/aromatic N) is 3. The molecule has 1 aliphatic carbocycles. The molecule has 0 bridgehead atoms. The number of esters is 1. The maximum Gasteiger partial charge on any atom is 0.309 e. The minimum atomic E-state index is -0.490. The van der Waals surface area contributed by atoms with Gasteiger partial charge in [0.05, 0.1) is 19.1 Å². The van der Waals surface area contributed by atoms with Gasteiger partial charge < -0.3 is 14.9 Å². The smallest absolute Gasteiger partial charge is 0.309 e.